The van der Waals surface area contributed by atoms with Crippen LogP contribution in [0.3, 0.4) is 0 Å². The standard InChI is InChI=1S/C21H16N2O2/c1-14-6-5-9-18-19(14)23-21(24)20(18)22-15-10-12-17(13-11-15)25-16-7-3-2-4-8-16/h2-13H,1H3,(H,22,23,24). The van der Waals surface area contributed by atoms with Gasteiger partial charge in [0.1, 0.15) is 17.2 Å². The van der Waals surface area contributed by atoms with Crippen LogP contribution in [0, 0.1) is 6.92 Å². The SMILES string of the molecule is Cc1cccc2c1NC(=O)C2=Nc1ccc(Oc2ccccc2)cc1. The third kappa shape index (κ3) is 3.02. The van der Waals surface area contributed by atoms with Gasteiger partial charge in [0.2, 0.25) is 0 Å². The topological polar surface area (TPSA) is 50.7 Å². The van der Waals surface area contributed by atoms with Crippen molar-refractivity contribution in [3.05, 3.63) is 83.9 Å². The minimum atomic E-state index is -0.172. The Morgan fingerprint density at radius 2 is 1.56 bits per heavy atom. The Balaban J connectivity index is 1.60. The van der Waals surface area contributed by atoms with Gasteiger partial charge < -0.3 is 10.1 Å². The van der Waals surface area contributed by atoms with Crippen LogP contribution in [-0.2, 0) is 4.79 Å². The first-order valence-corrected chi connectivity index (χ1v) is 8.04. The van der Waals surface area contributed by atoms with E-state index in [1.54, 1.807) is 0 Å². The van der Waals surface area contributed by atoms with Crippen LogP contribution >= 0.6 is 0 Å². The zero-order valence-corrected chi connectivity index (χ0v) is 13.7. The van der Waals surface area contributed by atoms with Crippen molar-refractivity contribution >= 4 is 23.0 Å². The molecular formula is C21H16N2O2. The molecule has 0 saturated carbocycles. The molecule has 1 N–H and O–H groups in total. The Bertz CT molecular complexity index is 961. The summed E-state index contributed by atoms with van der Waals surface area (Å²) in [5.41, 5.74) is 3.86. The number of rotatable bonds is 3. The van der Waals surface area contributed by atoms with Crippen molar-refractivity contribution in [2.45, 2.75) is 6.92 Å². The molecule has 4 nitrogen and oxygen atoms in total. The molecule has 1 amide bonds. The minimum Gasteiger partial charge on any atom is -0.457 e. The van der Waals surface area contributed by atoms with Gasteiger partial charge in [0, 0.05) is 5.56 Å². The Labute approximate surface area is 145 Å². The van der Waals surface area contributed by atoms with E-state index in [-0.39, 0.29) is 5.91 Å². The molecular weight excluding hydrogens is 312 g/mol. The number of benzene rings is 3. The molecule has 122 valence electrons. The second-order valence-electron chi connectivity index (χ2n) is 5.82. The maximum Gasteiger partial charge on any atom is 0.275 e. The summed E-state index contributed by atoms with van der Waals surface area (Å²) in [5, 5.41) is 2.89. The lowest BCUT2D eigenvalue weighted by Crippen LogP contribution is -2.13. The van der Waals surface area contributed by atoms with Crippen molar-refractivity contribution in [3.8, 4) is 11.5 Å². The third-order valence-electron chi connectivity index (χ3n) is 4.04. The molecule has 1 aliphatic heterocycles. The largest absolute Gasteiger partial charge is 0.457 e. The summed E-state index contributed by atoms with van der Waals surface area (Å²) in [6.45, 7) is 1.97. The average molecular weight is 328 g/mol. The van der Waals surface area contributed by atoms with Crippen molar-refractivity contribution < 1.29 is 9.53 Å². The summed E-state index contributed by atoms with van der Waals surface area (Å²) in [6.07, 6.45) is 0. The number of fused-ring (bicyclic) bond motifs is 1. The number of nitrogens with zero attached hydrogens (tertiary/aromatic N) is 1. The number of anilines is 1. The van der Waals surface area contributed by atoms with E-state index >= 15 is 0 Å². The zero-order valence-electron chi connectivity index (χ0n) is 13.7. The molecule has 25 heavy (non-hydrogen) atoms. The number of hydrogen-bond donors (Lipinski definition) is 1. The number of hydrogen-bond acceptors (Lipinski definition) is 3. The lowest BCUT2D eigenvalue weighted by atomic mass is 10.1. The lowest BCUT2D eigenvalue weighted by molar-refractivity contribution is -0.110. The molecule has 4 rings (SSSR count). The molecule has 0 fully saturated rings. The van der Waals surface area contributed by atoms with Crippen LogP contribution in [0.5, 0.6) is 11.5 Å². The van der Waals surface area contributed by atoms with Gasteiger partial charge in [0.15, 0.2) is 0 Å². The van der Waals surface area contributed by atoms with E-state index in [1.165, 1.54) is 0 Å². The number of aliphatic imine (C=N–C) groups is 1. The number of ether oxygens (including phenoxy) is 1. The summed E-state index contributed by atoms with van der Waals surface area (Å²) in [7, 11) is 0. The van der Waals surface area contributed by atoms with E-state index in [0.29, 0.717) is 11.4 Å². The summed E-state index contributed by atoms with van der Waals surface area (Å²) in [6, 6.07) is 22.8. The van der Waals surface area contributed by atoms with Gasteiger partial charge in [-0.3, -0.25) is 4.79 Å². The Morgan fingerprint density at radius 1 is 0.840 bits per heavy atom. The fraction of sp³-hybridized carbons (Fsp3) is 0.0476. The minimum absolute atomic E-state index is 0.172. The Kier molecular flexibility index (Phi) is 3.78. The highest BCUT2D eigenvalue weighted by Gasteiger charge is 2.26. The van der Waals surface area contributed by atoms with Gasteiger partial charge in [-0.15, -0.1) is 0 Å². The van der Waals surface area contributed by atoms with Gasteiger partial charge in [0.25, 0.3) is 5.91 Å². The van der Waals surface area contributed by atoms with Crippen LogP contribution in [0.15, 0.2) is 77.8 Å². The van der Waals surface area contributed by atoms with Gasteiger partial charge in [-0.25, -0.2) is 4.99 Å². The Morgan fingerprint density at radius 3 is 2.32 bits per heavy atom. The van der Waals surface area contributed by atoms with Crippen LogP contribution in [0.4, 0.5) is 11.4 Å². The molecule has 0 aromatic heterocycles. The molecule has 0 unspecified atom stereocenters. The summed E-state index contributed by atoms with van der Waals surface area (Å²) in [5.74, 6) is 1.33. The predicted molar refractivity (Wildman–Crippen MR) is 99.0 cm³/mol. The van der Waals surface area contributed by atoms with E-state index in [4.69, 9.17) is 4.74 Å². The monoisotopic (exact) mass is 328 g/mol. The molecule has 3 aromatic carbocycles. The highest BCUT2D eigenvalue weighted by atomic mass is 16.5. The molecule has 0 atom stereocenters. The first kappa shape index (κ1) is 15.1. The number of carbonyl (C=O) groups is 1. The number of para-hydroxylation sites is 2. The molecule has 0 bridgehead atoms. The van der Waals surface area contributed by atoms with Crippen LogP contribution in [0.25, 0.3) is 0 Å². The Hall–Kier alpha value is -3.40. The van der Waals surface area contributed by atoms with Gasteiger partial charge in [-0.05, 0) is 48.9 Å². The molecule has 3 aromatic rings. The number of nitrogens with one attached hydrogen (secondary N) is 1. The van der Waals surface area contributed by atoms with Gasteiger partial charge in [-0.1, -0.05) is 36.4 Å². The van der Waals surface area contributed by atoms with E-state index in [1.807, 2.05) is 79.7 Å². The summed E-state index contributed by atoms with van der Waals surface area (Å²) in [4.78, 5) is 16.7. The first-order valence-electron chi connectivity index (χ1n) is 8.04. The molecule has 1 heterocycles. The van der Waals surface area contributed by atoms with Crippen molar-refractivity contribution in [2.24, 2.45) is 4.99 Å². The molecule has 0 saturated heterocycles. The number of amides is 1. The second kappa shape index (κ2) is 6.24. The molecule has 4 heteroatoms. The molecule has 0 radical (unpaired) electrons. The first-order chi connectivity index (χ1) is 12.2. The highest BCUT2D eigenvalue weighted by Crippen LogP contribution is 2.29. The van der Waals surface area contributed by atoms with Crippen LogP contribution < -0.4 is 10.1 Å². The molecule has 1 aliphatic rings. The summed E-state index contributed by atoms with van der Waals surface area (Å²) >= 11 is 0. The van der Waals surface area contributed by atoms with Gasteiger partial charge in [0.05, 0.1) is 11.4 Å². The third-order valence-corrected chi connectivity index (χ3v) is 4.04. The van der Waals surface area contributed by atoms with Crippen molar-refractivity contribution in [2.75, 3.05) is 5.32 Å². The predicted octanol–water partition coefficient (Wildman–Crippen LogP) is 4.86. The van der Waals surface area contributed by atoms with Crippen LogP contribution in [-0.4, -0.2) is 11.6 Å². The maximum atomic E-state index is 12.2. The van der Waals surface area contributed by atoms with Crippen LogP contribution in [0.1, 0.15) is 11.1 Å². The number of carbonyl (C=O) groups excluding carboxylic acids is 1. The smallest absolute Gasteiger partial charge is 0.275 e. The lowest BCUT2D eigenvalue weighted by Gasteiger charge is -2.05. The molecule has 0 spiro atoms. The maximum absolute atomic E-state index is 12.2. The van der Waals surface area contributed by atoms with Gasteiger partial charge in [-0.2, -0.15) is 0 Å². The van der Waals surface area contributed by atoms with Crippen molar-refractivity contribution in [3.63, 3.8) is 0 Å². The van der Waals surface area contributed by atoms with E-state index in [9.17, 15) is 4.79 Å². The second-order valence-corrected chi connectivity index (χ2v) is 5.82. The fourth-order valence-electron chi connectivity index (χ4n) is 2.78. The number of aryl methyl sites for hydroxylation is 1. The van der Waals surface area contributed by atoms with Crippen molar-refractivity contribution in [1.82, 2.24) is 0 Å². The normalized spacial score (nSPS) is 14.3. The van der Waals surface area contributed by atoms with E-state index < -0.39 is 0 Å². The summed E-state index contributed by atoms with van der Waals surface area (Å²) < 4.78 is 5.77. The van der Waals surface area contributed by atoms with Gasteiger partial charge >= 0.3 is 0 Å². The van der Waals surface area contributed by atoms with Crippen LogP contribution in [0.2, 0.25) is 0 Å². The highest BCUT2D eigenvalue weighted by molar-refractivity contribution is 6.54. The quantitative estimate of drug-likeness (QED) is 0.746. The molecule has 0 aliphatic carbocycles. The van der Waals surface area contributed by atoms with Crippen molar-refractivity contribution in [1.29, 1.82) is 0 Å². The average Bonchev–Trinajstić information content (AvgIpc) is 2.95. The van der Waals surface area contributed by atoms with E-state index in [0.717, 1.165) is 28.3 Å². The zero-order chi connectivity index (χ0) is 17.2. The van der Waals surface area contributed by atoms with E-state index in [2.05, 4.69) is 10.3 Å². The fourth-order valence-corrected chi connectivity index (χ4v) is 2.78.